The van der Waals surface area contributed by atoms with Crippen molar-refractivity contribution >= 4 is 38.0 Å². The maximum Gasteiger partial charge on any atom is 0.257 e. The SMILES string of the molecule is CCc1nsc(NC(=O)/C(=C/C2C[C@@H](F)[C@@H](F)C2)c2ccc(S(C)(=O)=O)cc2)n1. The minimum absolute atomic E-state index is 0.00183. The van der Waals surface area contributed by atoms with E-state index < -0.39 is 34.0 Å². The Labute approximate surface area is 172 Å². The van der Waals surface area contributed by atoms with E-state index in [0.29, 0.717) is 22.9 Å². The fourth-order valence-electron chi connectivity index (χ4n) is 3.14. The largest absolute Gasteiger partial charge is 0.297 e. The van der Waals surface area contributed by atoms with Crippen molar-refractivity contribution in [2.24, 2.45) is 5.92 Å². The van der Waals surface area contributed by atoms with Gasteiger partial charge >= 0.3 is 0 Å². The first kappa shape index (κ1) is 21.5. The molecule has 1 heterocycles. The molecule has 0 saturated heterocycles. The van der Waals surface area contributed by atoms with E-state index in [-0.39, 0.29) is 23.3 Å². The third kappa shape index (κ3) is 5.24. The summed E-state index contributed by atoms with van der Waals surface area (Å²) in [4.78, 5) is 17.2. The van der Waals surface area contributed by atoms with Crippen LogP contribution in [0.3, 0.4) is 0 Å². The number of alkyl halides is 2. The van der Waals surface area contributed by atoms with E-state index in [9.17, 15) is 22.0 Å². The minimum atomic E-state index is -3.39. The number of hydrogen-bond acceptors (Lipinski definition) is 6. The summed E-state index contributed by atoms with van der Waals surface area (Å²) in [6.45, 7) is 1.89. The van der Waals surface area contributed by atoms with Crippen molar-refractivity contribution < 1.29 is 22.0 Å². The summed E-state index contributed by atoms with van der Waals surface area (Å²) in [6, 6.07) is 5.81. The maximum atomic E-state index is 13.6. The Kier molecular flexibility index (Phi) is 6.42. The molecule has 1 aromatic heterocycles. The standard InChI is InChI=1S/C19H21F2N3O3S2/c1-3-17-22-19(28-24-17)23-18(25)14(8-11-9-15(20)16(21)10-11)12-4-6-13(7-5-12)29(2,26)27/h4-8,11,15-16H,3,9-10H2,1-2H3,(H,22,23,24,25)/b14-8+/t11?,15-,16+. The second kappa shape index (κ2) is 8.66. The van der Waals surface area contributed by atoms with Crippen LogP contribution < -0.4 is 5.32 Å². The van der Waals surface area contributed by atoms with Crippen molar-refractivity contribution in [3.05, 3.63) is 41.7 Å². The lowest BCUT2D eigenvalue weighted by atomic mass is 9.98. The van der Waals surface area contributed by atoms with Gasteiger partial charge in [0.25, 0.3) is 5.91 Å². The summed E-state index contributed by atoms with van der Waals surface area (Å²) < 4.78 is 54.7. The highest BCUT2D eigenvalue weighted by Crippen LogP contribution is 2.34. The Hall–Kier alpha value is -2.20. The molecule has 1 aromatic carbocycles. The number of sulfone groups is 1. The zero-order valence-corrected chi connectivity index (χ0v) is 17.6. The molecular formula is C19H21F2N3O3S2. The number of carbonyl (C=O) groups is 1. The van der Waals surface area contributed by atoms with Gasteiger partial charge in [0.05, 0.1) is 4.90 Å². The first-order valence-electron chi connectivity index (χ1n) is 9.11. The number of carbonyl (C=O) groups excluding carboxylic acids is 1. The van der Waals surface area contributed by atoms with Crippen LogP contribution in [0.2, 0.25) is 0 Å². The molecule has 0 bridgehead atoms. The number of aryl methyl sites for hydroxylation is 1. The van der Waals surface area contributed by atoms with E-state index in [1.54, 1.807) is 6.08 Å². The molecule has 0 radical (unpaired) electrons. The lowest BCUT2D eigenvalue weighted by molar-refractivity contribution is -0.111. The van der Waals surface area contributed by atoms with Crippen LogP contribution in [-0.4, -0.2) is 42.3 Å². The van der Waals surface area contributed by atoms with Crippen LogP contribution in [0, 0.1) is 5.92 Å². The van der Waals surface area contributed by atoms with Gasteiger partial charge in [0.2, 0.25) is 5.13 Å². The van der Waals surface area contributed by atoms with Crippen LogP contribution in [0.15, 0.2) is 35.2 Å². The number of aromatic nitrogens is 2. The van der Waals surface area contributed by atoms with Gasteiger partial charge in [0, 0.05) is 29.8 Å². The minimum Gasteiger partial charge on any atom is -0.297 e. The van der Waals surface area contributed by atoms with E-state index in [2.05, 4.69) is 14.7 Å². The molecule has 2 aromatic rings. The van der Waals surface area contributed by atoms with Gasteiger partial charge < -0.3 is 0 Å². The number of allylic oxidation sites excluding steroid dienone is 1. The molecule has 1 N–H and O–H groups in total. The third-order valence-electron chi connectivity index (χ3n) is 4.69. The summed E-state index contributed by atoms with van der Waals surface area (Å²) >= 11 is 1.04. The summed E-state index contributed by atoms with van der Waals surface area (Å²) in [5.41, 5.74) is 0.664. The Bertz CT molecular complexity index is 1010. The fraction of sp³-hybridized carbons (Fsp3) is 0.421. The number of halogens is 2. The second-order valence-corrected chi connectivity index (χ2v) is 9.73. The third-order valence-corrected chi connectivity index (χ3v) is 6.49. The molecule has 3 rings (SSSR count). The molecule has 156 valence electrons. The van der Waals surface area contributed by atoms with Crippen molar-refractivity contribution in [2.45, 2.75) is 43.4 Å². The highest BCUT2D eigenvalue weighted by atomic mass is 32.2. The number of amides is 1. The summed E-state index contributed by atoms with van der Waals surface area (Å²) in [5, 5.41) is 2.99. The molecule has 0 aliphatic heterocycles. The lowest BCUT2D eigenvalue weighted by Gasteiger charge is -2.11. The van der Waals surface area contributed by atoms with Gasteiger partial charge in [-0.05, 0) is 36.5 Å². The number of rotatable bonds is 6. The van der Waals surface area contributed by atoms with Crippen LogP contribution in [0.5, 0.6) is 0 Å². The highest BCUT2D eigenvalue weighted by molar-refractivity contribution is 7.90. The van der Waals surface area contributed by atoms with Gasteiger partial charge in [0.15, 0.2) is 9.84 Å². The molecule has 1 saturated carbocycles. The Balaban J connectivity index is 1.91. The first-order valence-corrected chi connectivity index (χ1v) is 11.8. The van der Waals surface area contributed by atoms with E-state index in [0.717, 1.165) is 17.8 Å². The number of nitrogens with zero attached hydrogens (tertiary/aromatic N) is 2. The van der Waals surface area contributed by atoms with Crippen LogP contribution in [0.25, 0.3) is 5.57 Å². The van der Waals surface area contributed by atoms with Crippen LogP contribution in [0.4, 0.5) is 13.9 Å². The lowest BCUT2D eigenvalue weighted by Crippen LogP contribution is -2.15. The molecular weight excluding hydrogens is 420 g/mol. The summed E-state index contributed by atoms with van der Waals surface area (Å²) in [6.07, 6.45) is 0.162. The average Bonchev–Trinajstić information content (AvgIpc) is 3.25. The fourth-order valence-corrected chi connectivity index (χ4v) is 4.42. The topological polar surface area (TPSA) is 89.0 Å². The van der Waals surface area contributed by atoms with E-state index >= 15 is 0 Å². The van der Waals surface area contributed by atoms with Gasteiger partial charge in [-0.3, -0.25) is 10.1 Å². The quantitative estimate of drug-likeness (QED) is 0.692. The number of benzene rings is 1. The molecule has 6 nitrogen and oxygen atoms in total. The predicted molar refractivity (Wildman–Crippen MR) is 108 cm³/mol. The van der Waals surface area contributed by atoms with Gasteiger partial charge in [-0.1, -0.05) is 25.1 Å². The Morgan fingerprint density at radius 1 is 1.24 bits per heavy atom. The first-order chi connectivity index (χ1) is 13.7. The monoisotopic (exact) mass is 441 g/mol. The average molecular weight is 442 g/mol. The second-order valence-electron chi connectivity index (χ2n) is 6.96. The maximum absolute atomic E-state index is 13.6. The molecule has 29 heavy (non-hydrogen) atoms. The molecule has 1 aliphatic rings. The zero-order valence-electron chi connectivity index (χ0n) is 15.9. The number of hydrogen-bond donors (Lipinski definition) is 1. The van der Waals surface area contributed by atoms with Gasteiger partial charge in [-0.25, -0.2) is 22.2 Å². The summed E-state index contributed by atoms with van der Waals surface area (Å²) in [5.74, 6) is -0.325. The van der Waals surface area contributed by atoms with Crippen molar-refractivity contribution in [3.63, 3.8) is 0 Å². The van der Waals surface area contributed by atoms with Crippen LogP contribution in [-0.2, 0) is 21.1 Å². The summed E-state index contributed by atoms with van der Waals surface area (Å²) in [7, 11) is -3.39. The van der Waals surface area contributed by atoms with Gasteiger partial charge in [-0.15, -0.1) is 0 Å². The van der Waals surface area contributed by atoms with Crippen molar-refractivity contribution in [1.82, 2.24) is 9.36 Å². The van der Waals surface area contributed by atoms with E-state index in [1.807, 2.05) is 6.92 Å². The van der Waals surface area contributed by atoms with E-state index in [4.69, 9.17) is 0 Å². The molecule has 1 amide bonds. The van der Waals surface area contributed by atoms with Crippen molar-refractivity contribution in [1.29, 1.82) is 0 Å². The van der Waals surface area contributed by atoms with Crippen molar-refractivity contribution in [3.8, 4) is 0 Å². The van der Waals surface area contributed by atoms with E-state index in [1.165, 1.54) is 24.3 Å². The normalized spacial score (nSPS) is 22.6. The molecule has 1 aliphatic carbocycles. The molecule has 1 fully saturated rings. The van der Waals surface area contributed by atoms with Crippen LogP contribution >= 0.6 is 11.5 Å². The Morgan fingerprint density at radius 3 is 2.38 bits per heavy atom. The predicted octanol–water partition coefficient (Wildman–Crippen LogP) is 3.61. The van der Waals surface area contributed by atoms with Crippen LogP contribution in [0.1, 0.15) is 31.2 Å². The molecule has 1 unspecified atom stereocenters. The molecule has 0 spiro atoms. The Morgan fingerprint density at radius 2 is 1.86 bits per heavy atom. The highest BCUT2D eigenvalue weighted by Gasteiger charge is 2.34. The van der Waals surface area contributed by atoms with Crippen molar-refractivity contribution in [2.75, 3.05) is 11.6 Å². The number of nitrogens with one attached hydrogen (secondary N) is 1. The van der Waals surface area contributed by atoms with Gasteiger partial charge in [0.1, 0.15) is 18.2 Å². The molecule has 10 heteroatoms. The van der Waals surface area contributed by atoms with Gasteiger partial charge in [-0.2, -0.15) is 4.37 Å². The number of anilines is 1. The molecule has 3 atom stereocenters. The smallest absolute Gasteiger partial charge is 0.257 e. The zero-order chi connectivity index (χ0) is 21.2.